The first-order valence-corrected chi connectivity index (χ1v) is 9.19. The van der Waals surface area contributed by atoms with Gasteiger partial charge in [-0.05, 0) is 12.8 Å². The third-order valence-electron chi connectivity index (χ3n) is 3.82. The molecule has 0 aromatic heterocycles. The van der Waals surface area contributed by atoms with Gasteiger partial charge in [0.15, 0.2) is 6.29 Å². The Hall–Kier alpha value is 0.860. The molecule has 0 aromatic rings. The molecule has 0 saturated heterocycles. The number of ether oxygens (including phenoxy) is 2. The maximum absolute atomic E-state index is 10.4. The Balaban J connectivity index is -0.00000264. The second-order valence-corrected chi connectivity index (χ2v) is 6.12. The summed E-state index contributed by atoms with van der Waals surface area (Å²) < 4.78 is 9.94. The Kier molecular flexibility index (Phi) is 29.0. The number of carboxylic acids is 2. The summed E-state index contributed by atoms with van der Waals surface area (Å²) in [5.41, 5.74) is 0. The van der Waals surface area contributed by atoms with E-state index in [1.54, 1.807) is 0 Å². The smallest absolute Gasteiger partial charge is 0.548 e. The van der Waals surface area contributed by atoms with Crippen molar-refractivity contribution in [2.75, 3.05) is 13.2 Å². The Labute approximate surface area is 202 Å². The van der Waals surface area contributed by atoms with Gasteiger partial charge in [0.1, 0.15) is 0 Å². The van der Waals surface area contributed by atoms with Crippen molar-refractivity contribution in [3.05, 3.63) is 0 Å². The second-order valence-electron chi connectivity index (χ2n) is 6.12. The minimum atomic E-state index is -1.35. The number of rotatable bonds is 18. The van der Waals surface area contributed by atoms with Crippen LogP contribution >= 0.6 is 0 Å². The van der Waals surface area contributed by atoms with E-state index in [2.05, 4.69) is 6.92 Å². The van der Waals surface area contributed by atoms with E-state index in [4.69, 9.17) is 9.47 Å². The maximum Gasteiger partial charge on any atom is 1.00 e. The molecule has 0 radical (unpaired) electrons. The zero-order chi connectivity index (χ0) is 18.0. The molecule has 0 aromatic carbocycles. The van der Waals surface area contributed by atoms with E-state index in [0.717, 1.165) is 19.3 Å². The minimum absolute atomic E-state index is 0. The molecule has 0 bridgehead atoms. The number of hydrogen-bond donors (Lipinski definition) is 0. The molecule has 0 fully saturated rings. The molecule has 0 atom stereocenters. The van der Waals surface area contributed by atoms with Crippen LogP contribution in [0.3, 0.4) is 0 Å². The fourth-order valence-corrected chi connectivity index (χ4v) is 2.51. The Morgan fingerprint density at radius 3 is 1.38 bits per heavy atom. The van der Waals surface area contributed by atoms with E-state index in [1.807, 2.05) is 0 Å². The summed E-state index contributed by atoms with van der Waals surface area (Å²) >= 11 is 0. The van der Waals surface area contributed by atoms with Gasteiger partial charge in [-0.25, -0.2) is 0 Å². The van der Waals surface area contributed by atoms with E-state index < -0.39 is 31.4 Å². The van der Waals surface area contributed by atoms with Gasteiger partial charge in [-0.2, -0.15) is 0 Å². The first-order valence-electron chi connectivity index (χ1n) is 9.19. The fourth-order valence-electron chi connectivity index (χ4n) is 2.51. The van der Waals surface area contributed by atoms with Crippen molar-refractivity contribution < 1.29 is 88.4 Å². The van der Waals surface area contributed by atoms with Crippen LogP contribution in [0.25, 0.3) is 0 Å². The molecular weight excluding hydrogens is 358 g/mol. The average Bonchev–Trinajstić information content (AvgIpc) is 2.54. The maximum atomic E-state index is 10.4. The number of carbonyl (C=O) groups is 2. The van der Waals surface area contributed by atoms with Crippen LogP contribution in [0.5, 0.6) is 0 Å². The first kappa shape index (κ1) is 31.6. The summed E-state index contributed by atoms with van der Waals surface area (Å²) in [6.45, 7) is 1.02. The van der Waals surface area contributed by atoms with Crippen LogP contribution in [0.1, 0.15) is 84.0 Å². The van der Waals surface area contributed by atoms with Crippen LogP contribution in [0.15, 0.2) is 0 Å². The van der Waals surface area contributed by atoms with Gasteiger partial charge in [0.2, 0.25) is 0 Å². The molecule has 0 heterocycles. The van der Waals surface area contributed by atoms with Gasteiger partial charge in [-0.1, -0.05) is 71.1 Å². The molecule has 0 aliphatic heterocycles. The molecule has 0 saturated carbocycles. The van der Waals surface area contributed by atoms with Gasteiger partial charge in [-0.15, -0.1) is 0 Å². The van der Waals surface area contributed by atoms with Crippen LogP contribution in [0, 0.1) is 0 Å². The van der Waals surface area contributed by atoms with Crippen LogP contribution in [0.2, 0.25) is 0 Å². The summed E-state index contributed by atoms with van der Waals surface area (Å²) in [5, 5.41) is 20.8. The summed E-state index contributed by atoms with van der Waals surface area (Å²) in [6, 6.07) is 0. The molecule has 0 amide bonds. The molecule has 142 valence electrons. The van der Waals surface area contributed by atoms with Crippen molar-refractivity contribution in [3.8, 4) is 0 Å². The van der Waals surface area contributed by atoms with E-state index in [9.17, 15) is 19.8 Å². The first-order chi connectivity index (χ1) is 11.6. The number of carbonyl (C=O) groups excluding carboxylic acids is 2. The number of aliphatic carboxylic acids is 2. The molecule has 26 heavy (non-hydrogen) atoms. The Morgan fingerprint density at radius 2 is 1.04 bits per heavy atom. The van der Waals surface area contributed by atoms with Crippen molar-refractivity contribution in [1.29, 1.82) is 0 Å². The van der Waals surface area contributed by atoms with Crippen LogP contribution in [-0.4, -0.2) is 31.4 Å². The molecule has 0 spiro atoms. The second kappa shape index (κ2) is 23.9. The van der Waals surface area contributed by atoms with E-state index in [0.29, 0.717) is 6.42 Å². The minimum Gasteiger partial charge on any atom is -0.548 e. The number of hydrogen-bond acceptors (Lipinski definition) is 6. The Bertz CT molecular complexity index is 311. The third kappa shape index (κ3) is 24.9. The zero-order valence-electron chi connectivity index (χ0n) is 16.9. The summed E-state index contributed by atoms with van der Waals surface area (Å²) in [7, 11) is 0. The van der Waals surface area contributed by atoms with Crippen molar-refractivity contribution in [1.82, 2.24) is 0 Å². The van der Waals surface area contributed by atoms with Gasteiger partial charge < -0.3 is 29.3 Å². The SMILES string of the molecule is CCCCCCCCCCCCCC(OCC(=O)[O-])OCC(=O)[O-].[Na+].[Na+]. The summed E-state index contributed by atoms with van der Waals surface area (Å²) in [5.74, 6) is -2.70. The van der Waals surface area contributed by atoms with Crippen LogP contribution in [-0.2, 0) is 19.1 Å². The van der Waals surface area contributed by atoms with Gasteiger partial charge >= 0.3 is 59.1 Å². The molecular formula is C18H32Na2O6. The molecule has 0 unspecified atom stereocenters. The monoisotopic (exact) mass is 390 g/mol. The average molecular weight is 390 g/mol. The zero-order valence-corrected chi connectivity index (χ0v) is 20.9. The van der Waals surface area contributed by atoms with Crippen molar-refractivity contribution >= 4 is 11.9 Å². The number of carboxylic acid groups (broad SMARTS) is 2. The number of unbranched alkanes of at least 4 members (excludes halogenated alkanes) is 10. The largest absolute Gasteiger partial charge is 1.00 e. The van der Waals surface area contributed by atoms with Crippen molar-refractivity contribution in [2.45, 2.75) is 90.3 Å². The van der Waals surface area contributed by atoms with Gasteiger partial charge in [-0.3, -0.25) is 0 Å². The van der Waals surface area contributed by atoms with Gasteiger partial charge in [0.05, 0.1) is 25.2 Å². The molecule has 8 heteroatoms. The van der Waals surface area contributed by atoms with E-state index in [1.165, 1.54) is 51.4 Å². The molecule has 0 N–H and O–H groups in total. The molecule has 0 aliphatic rings. The molecule has 6 nitrogen and oxygen atoms in total. The Morgan fingerprint density at radius 1 is 0.692 bits per heavy atom. The fraction of sp³-hybridized carbons (Fsp3) is 0.889. The van der Waals surface area contributed by atoms with Crippen molar-refractivity contribution in [3.63, 3.8) is 0 Å². The topological polar surface area (TPSA) is 98.7 Å². The predicted molar refractivity (Wildman–Crippen MR) is 86.8 cm³/mol. The predicted octanol–water partition coefficient (Wildman–Crippen LogP) is -4.45. The standard InChI is InChI=1S/C18H34O6.2Na/c1-2-3-4-5-6-7-8-9-10-11-12-13-18(23-14-16(19)20)24-15-17(21)22;;/h18H,2-15H2,1H3,(H,19,20)(H,21,22);;/q;2*+1/p-2. The van der Waals surface area contributed by atoms with Crippen LogP contribution in [0.4, 0.5) is 0 Å². The van der Waals surface area contributed by atoms with Gasteiger partial charge in [0, 0.05) is 0 Å². The molecule has 0 aliphatic carbocycles. The van der Waals surface area contributed by atoms with Crippen molar-refractivity contribution in [2.24, 2.45) is 0 Å². The van der Waals surface area contributed by atoms with E-state index in [-0.39, 0.29) is 59.1 Å². The summed E-state index contributed by atoms with van der Waals surface area (Å²) in [4.78, 5) is 20.8. The summed E-state index contributed by atoms with van der Waals surface area (Å²) in [6.07, 6.45) is 12.9. The molecule has 0 rings (SSSR count). The van der Waals surface area contributed by atoms with Crippen LogP contribution < -0.4 is 69.3 Å². The normalized spacial score (nSPS) is 10.2. The quantitative estimate of drug-likeness (QED) is 0.133. The van der Waals surface area contributed by atoms with Gasteiger partial charge in [0.25, 0.3) is 0 Å². The van der Waals surface area contributed by atoms with E-state index >= 15 is 0 Å². The third-order valence-corrected chi connectivity index (χ3v) is 3.82.